The second-order valence-electron chi connectivity index (χ2n) is 1.30. The molecule has 8 heavy (non-hydrogen) atoms. The summed E-state index contributed by atoms with van der Waals surface area (Å²) < 4.78 is 0. The van der Waals surface area contributed by atoms with Gasteiger partial charge in [0.15, 0.2) is 0 Å². The summed E-state index contributed by atoms with van der Waals surface area (Å²) in [6.45, 7) is 3.56. The molecule has 0 aliphatic rings. The van der Waals surface area contributed by atoms with Crippen molar-refractivity contribution >= 4 is 17.7 Å². The van der Waals surface area contributed by atoms with Crippen LogP contribution in [-0.4, -0.2) is 11.7 Å². The van der Waals surface area contributed by atoms with Gasteiger partial charge < -0.3 is 11.2 Å². The zero-order chi connectivity index (χ0) is 6.41. The molecule has 0 amide bonds. The minimum atomic E-state index is -0.116. The van der Waals surface area contributed by atoms with Crippen LogP contribution in [0.5, 0.6) is 0 Å². The molecular weight excluding hydrogens is 122 g/mol. The molecule has 0 aliphatic heterocycles. The molecular formula is C4H10N3S. The average molecular weight is 132 g/mol. The van der Waals surface area contributed by atoms with Crippen LogP contribution in [0, 0.1) is 6.92 Å². The van der Waals surface area contributed by atoms with Gasteiger partial charge in [-0.05, 0) is 6.42 Å². The Bertz CT molecular complexity index is 66.3. The highest BCUT2D eigenvalue weighted by molar-refractivity contribution is 7.78. The van der Waals surface area contributed by atoms with E-state index in [1.807, 2.05) is 0 Å². The van der Waals surface area contributed by atoms with Crippen LogP contribution in [-0.2, 0) is 0 Å². The lowest BCUT2D eigenvalue weighted by Gasteiger charge is -2.08. The molecule has 1 radical (unpaired) electrons. The Hall–Kier alpha value is -0.190. The summed E-state index contributed by atoms with van der Waals surface area (Å²) in [5, 5.41) is 0. The predicted molar refractivity (Wildman–Crippen MR) is 37.9 cm³/mol. The number of hydrogen-bond donors (Lipinski definition) is 3. The number of nitrogens with two attached hydrogens (primary N) is 1. The van der Waals surface area contributed by atoms with Gasteiger partial charge in [-0.3, -0.25) is 0 Å². The van der Waals surface area contributed by atoms with Gasteiger partial charge in [0, 0.05) is 0 Å². The van der Waals surface area contributed by atoms with Gasteiger partial charge in [0.05, 0.1) is 11.7 Å². The van der Waals surface area contributed by atoms with Crippen molar-refractivity contribution in [3.63, 3.8) is 0 Å². The van der Waals surface area contributed by atoms with Gasteiger partial charge in [-0.15, -0.1) is 0 Å². The average Bonchev–Trinajstić information content (AvgIpc) is 1.83. The van der Waals surface area contributed by atoms with Crippen molar-refractivity contribution in [2.24, 2.45) is 5.73 Å². The van der Waals surface area contributed by atoms with Gasteiger partial charge in [0.25, 0.3) is 0 Å². The topological polar surface area (TPSA) is 50.1 Å². The number of hydrazine groups is 1. The van der Waals surface area contributed by atoms with Gasteiger partial charge >= 0.3 is 0 Å². The number of hydrogen-bond acceptors (Lipinski definition) is 3. The maximum atomic E-state index is 5.36. The Labute approximate surface area is 54.6 Å². The lowest BCUT2D eigenvalue weighted by molar-refractivity contribution is 0.511. The fourth-order valence-corrected chi connectivity index (χ4v) is 0.281. The van der Waals surface area contributed by atoms with Crippen molar-refractivity contribution in [3.8, 4) is 0 Å². The molecule has 0 saturated heterocycles. The van der Waals surface area contributed by atoms with Crippen molar-refractivity contribution < 1.29 is 0 Å². The van der Waals surface area contributed by atoms with E-state index >= 15 is 0 Å². The van der Waals surface area contributed by atoms with Crippen LogP contribution in [0.2, 0.25) is 0 Å². The van der Waals surface area contributed by atoms with E-state index < -0.39 is 0 Å². The standard InChI is InChI=1S/C4H10N3S/c1-2-4(5)7-6-3-8/h3-4,7H,1-2,5H2,(H,6,8). The molecule has 0 rings (SSSR count). The van der Waals surface area contributed by atoms with Crippen molar-refractivity contribution in [3.05, 3.63) is 6.92 Å². The molecule has 3 nitrogen and oxygen atoms in total. The zero-order valence-electron chi connectivity index (χ0n) is 4.55. The summed E-state index contributed by atoms with van der Waals surface area (Å²) in [5.41, 5.74) is 12.0. The molecule has 0 spiro atoms. The fraction of sp³-hybridized carbons (Fsp3) is 0.500. The molecule has 0 bridgehead atoms. The van der Waals surface area contributed by atoms with Gasteiger partial charge in [-0.1, -0.05) is 19.1 Å². The van der Waals surface area contributed by atoms with E-state index in [0.29, 0.717) is 6.42 Å². The van der Waals surface area contributed by atoms with Crippen molar-refractivity contribution in [2.45, 2.75) is 12.6 Å². The zero-order valence-corrected chi connectivity index (χ0v) is 5.37. The number of rotatable bonds is 4. The van der Waals surface area contributed by atoms with E-state index in [1.165, 1.54) is 5.49 Å². The highest BCUT2D eigenvalue weighted by Gasteiger charge is 1.91. The van der Waals surface area contributed by atoms with Crippen molar-refractivity contribution in [1.29, 1.82) is 0 Å². The van der Waals surface area contributed by atoms with E-state index in [9.17, 15) is 0 Å². The highest BCUT2D eigenvalue weighted by atomic mass is 32.1. The second-order valence-corrected chi connectivity index (χ2v) is 1.54. The normalized spacial score (nSPS) is 12.8. The molecule has 0 aromatic rings. The summed E-state index contributed by atoms with van der Waals surface area (Å²) >= 11 is 4.44. The fourth-order valence-electron chi connectivity index (χ4n) is 0.213. The molecule has 1 atom stereocenters. The monoisotopic (exact) mass is 132 g/mol. The molecule has 0 aliphatic carbocycles. The molecule has 0 fully saturated rings. The molecule has 4 heteroatoms. The molecule has 0 aromatic carbocycles. The van der Waals surface area contributed by atoms with Gasteiger partial charge in [-0.25, -0.2) is 5.43 Å². The highest BCUT2D eigenvalue weighted by Crippen LogP contribution is 1.73. The predicted octanol–water partition coefficient (Wildman–Crippen LogP) is -0.453. The quantitative estimate of drug-likeness (QED) is 0.275. The second kappa shape index (κ2) is 4.96. The van der Waals surface area contributed by atoms with Gasteiger partial charge in [-0.2, -0.15) is 0 Å². The summed E-state index contributed by atoms with van der Waals surface area (Å²) in [4.78, 5) is 0. The maximum absolute atomic E-state index is 5.36. The molecule has 4 N–H and O–H groups in total. The van der Waals surface area contributed by atoms with Crippen LogP contribution in [0.25, 0.3) is 0 Å². The summed E-state index contributed by atoms with van der Waals surface area (Å²) in [7, 11) is 0. The Kier molecular flexibility index (Phi) is 4.84. The van der Waals surface area contributed by atoms with Crippen LogP contribution in [0.4, 0.5) is 0 Å². The SMILES string of the molecule is [CH2]CC(N)NNC=S. The lowest BCUT2D eigenvalue weighted by Crippen LogP contribution is -2.44. The third-order valence-electron chi connectivity index (χ3n) is 0.639. The number of thiocarbonyl (C=S) groups is 1. The van der Waals surface area contributed by atoms with E-state index in [4.69, 9.17) is 5.73 Å². The molecule has 1 unspecified atom stereocenters. The molecule has 47 valence electrons. The van der Waals surface area contributed by atoms with E-state index in [0.717, 1.165) is 0 Å². The Morgan fingerprint density at radius 1 is 1.88 bits per heavy atom. The minimum absolute atomic E-state index is 0.116. The third kappa shape index (κ3) is 3.98. The largest absolute Gasteiger partial charge is 0.317 e. The molecule has 0 saturated carbocycles. The maximum Gasteiger partial charge on any atom is 0.0757 e. The van der Waals surface area contributed by atoms with Crippen LogP contribution in [0.1, 0.15) is 6.42 Å². The first-order valence-electron chi connectivity index (χ1n) is 2.30. The third-order valence-corrected chi connectivity index (χ3v) is 0.757. The van der Waals surface area contributed by atoms with Crippen molar-refractivity contribution in [2.75, 3.05) is 0 Å². The first-order valence-corrected chi connectivity index (χ1v) is 2.78. The number of nitrogens with one attached hydrogen (secondary N) is 2. The van der Waals surface area contributed by atoms with Gasteiger partial charge in [0.1, 0.15) is 0 Å². The summed E-state index contributed by atoms with van der Waals surface area (Å²) in [6, 6.07) is 0. The van der Waals surface area contributed by atoms with E-state index in [2.05, 4.69) is 30.0 Å². The first kappa shape index (κ1) is 7.81. The van der Waals surface area contributed by atoms with Gasteiger partial charge in [0.2, 0.25) is 0 Å². The van der Waals surface area contributed by atoms with Crippen LogP contribution in [0.15, 0.2) is 0 Å². The van der Waals surface area contributed by atoms with E-state index in [1.54, 1.807) is 0 Å². The van der Waals surface area contributed by atoms with Crippen LogP contribution >= 0.6 is 12.2 Å². The minimum Gasteiger partial charge on any atom is -0.317 e. The van der Waals surface area contributed by atoms with Crippen molar-refractivity contribution in [1.82, 2.24) is 10.9 Å². The Balaban J connectivity index is 2.97. The lowest BCUT2D eigenvalue weighted by atomic mass is 10.4. The molecule has 0 aromatic heterocycles. The van der Waals surface area contributed by atoms with Crippen LogP contribution < -0.4 is 16.6 Å². The first-order chi connectivity index (χ1) is 3.81. The summed E-state index contributed by atoms with van der Waals surface area (Å²) in [5.74, 6) is 0. The summed E-state index contributed by atoms with van der Waals surface area (Å²) in [6.07, 6.45) is 0.519. The smallest absolute Gasteiger partial charge is 0.0757 e. The van der Waals surface area contributed by atoms with E-state index in [-0.39, 0.29) is 6.17 Å². The Morgan fingerprint density at radius 3 is 2.88 bits per heavy atom. The van der Waals surface area contributed by atoms with Crippen LogP contribution in [0.3, 0.4) is 0 Å². The molecule has 0 heterocycles. The Morgan fingerprint density at radius 2 is 2.50 bits per heavy atom.